The van der Waals surface area contributed by atoms with Crippen molar-refractivity contribution in [1.82, 2.24) is 10.2 Å². The lowest BCUT2D eigenvalue weighted by molar-refractivity contribution is 0.321. The molecule has 0 saturated carbocycles. The summed E-state index contributed by atoms with van der Waals surface area (Å²) in [4.78, 5) is 2.27. The third-order valence-electron chi connectivity index (χ3n) is 3.70. The Morgan fingerprint density at radius 1 is 1.26 bits per heavy atom. The molecule has 0 fully saturated rings. The Labute approximate surface area is 118 Å². The number of hydrogen-bond acceptors (Lipinski definition) is 2. The van der Waals surface area contributed by atoms with Crippen molar-refractivity contribution in [3.8, 4) is 0 Å². The second kappa shape index (κ2) is 6.65. The van der Waals surface area contributed by atoms with Crippen LogP contribution in [0.4, 0.5) is 0 Å². The van der Waals surface area contributed by atoms with E-state index in [1.54, 1.807) is 0 Å². The maximum absolute atomic E-state index is 4.16. The molecule has 0 bridgehead atoms. The van der Waals surface area contributed by atoms with Crippen molar-refractivity contribution >= 4 is 0 Å². The first-order valence-electron chi connectivity index (χ1n) is 7.08. The van der Waals surface area contributed by atoms with Crippen LogP contribution >= 0.6 is 0 Å². The molecule has 1 N–H and O–H groups in total. The summed E-state index contributed by atoms with van der Waals surface area (Å²) in [5.41, 5.74) is 3.40. The molecule has 0 aromatic heterocycles. The molecule has 1 aliphatic carbocycles. The van der Waals surface area contributed by atoms with E-state index in [0.29, 0.717) is 17.9 Å². The average Bonchev–Trinajstić information content (AvgIpc) is 2.37. The van der Waals surface area contributed by atoms with E-state index in [1.807, 2.05) is 0 Å². The standard InChI is InChI=1S/C17H28N2/c1-12(2)14(5)18-16-8-10-17(11-9-16)19(7)15(6)13(3)4/h8-10,12-13,17-18H,5-6,11H2,1-4,7H3. The Morgan fingerprint density at radius 3 is 2.32 bits per heavy atom. The summed E-state index contributed by atoms with van der Waals surface area (Å²) in [5, 5.41) is 3.37. The van der Waals surface area contributed by atoms with Gasteiger partial charge in [0.2, 0.25) is 0 Å². The first kappa shape index (κ1) is 15.6. The predicted molar refractivity (Wildman–Crippen MR) is 84.5 cm³/mol. The zero-order valence-electron chi connectivity index (χ0n) is 13.0. The summed E-state index contributed by atoms with van der Waals surface area (Å²) < 4.78 is 0. The van der Waals surface area contributed by atoms with Gasteiger partial charge in [0.05, 0.1) is 6.04 Å². The fraction of sp³-hybridized carbons (Fsp3) is 0.529. The lowest BCUT2D eigenvalue weighted by atomic mass is 10.0. The van der Waals surface area contributed by atoms with Crippen LogP contribution in [0.3, 0.4) is 0 Å². The second-order valence-corrected chi connectivity index (χ2v) is 5.88. The fourth-order valence-electron chi connectivity index (χ4n) is 1.94. The number of nitrogens with one attached hydrogen (secondary N) is 1. The van der Waals surface area contributed by atoms with Crippen LogP contribution in [0.25, 0.3) is 0 Å². The maximum atomic E-state index is 4.16. The SMILES string of the molecule is C=C(NC1=CCC(N(C)C(=C)C(C)C)C=C1)C(C)C. The monoisotopic (exact) mass is 260 g/mol. The summed E-state index contributed by atoms with van der Waals surface area (Å²) in [6.45, 7) is 16.9. The van der Waals surface area contributed by atoms with Gasteiger partial charge in [-0.05, 0) is 24.3 Å². The highest BCUT2D eigenvalue weighted by Crippen LogP contribution is 2.21. The predicted octanol–water partition coefficient (Wildman–Crippen LogP) is 4.06. The number of likely N-dealkylation sites (N-methyl/N-ethyl adjacent to an activating group) is 1. The Bertz CT molecular complexity index is 399. The van der Waals surface area contributed by atoms with E-state index in [1.165, 1.54) is 5.70 Å². The number of hydrogen-bond donors (Lipinski definition) is 1. The smallest absolute Gasteiger partial charge is 0.0505 e. The largest absolute Gasteiger partial charge is 0.371 e. The lowest BCUT2D eigenvalue weighted by Gasteiger charge is -2.32. The van der Waals surface area contributed by atoms with Gasteiger partial charge in [0.25, 0.3) is 0 Å². The van der Waals surface area contributed by atoms with Crippen LogP contribution in [-0.2, 0) is 0 Å². The van der Waals surface area contributed by atoms with E-state index in [0.717, 1.165) is 17.8 Å². The van der Waals surface area contributed by atoms with Gasteiger partial charge in [0, 0.05) is 24.1 Å². The molecule has 0 saturated heterocycles. The van der Waals surface area contributed by atoms with Gasteiger partial charge in [0.1, 0.15) is 0 Å². The molecule has 19 heavy (non-hydrogen) atoms. The van der Waals surface area contributed by atoms with Crippen LogP contribution in [0.5, 0.6) is 0 Å². The highest BCUT2D eigenvalue weighted by atomic mass is 15.1. The highest BCUT2D eigenvalue weighted by molar-refractivity contribution is 5.27. The molecule has 1 rings (SSSR count). The first-order valence-corrected chi connectivity index (χ1v) is 7.08. The summed E-state index contributed by atoms with van der Waals surface area (Å²) in [6, 6.07) is 0.410. The average molecular weight is 260 g/mol. The number of rotatable bonds is 6. The first-order chi connectivity index (χ1) is 8.82. The Kier molecular flexibility index (Phi) is 5.46. The van der Waals surface area contributed by atoms with Gasteiger partial charge in [0.15, 0.2) is 0 Å². The van der Waals surface area contributed by atoms with E-state index in [2.05, 4.69) is 76.3 Å². The van der Waals surface area contributed by atoms with Crippen molar-refractivity contribution in [2.24, 2.45) is 11.8 Å². The van der Waals surface area contributed by atoms with E-state index >= 15 is 0 Å². The van der Waals surface area contributed by atoms with Crippen molar-refractivity contribution in [2.45, 2.75) is 40.2 Å². The molecular formula is C17H28N2. The van der Waals surface area contributed by atoms with Gasteiger partial charge < -0.3 is 10.2 Å². The van der Waals surface area contributed by atoms with Crippen molar-refractivity contribution < 1.29 is 0 Å². The van der Waals surface area contributed by atoms with Gasteiger partial charge in [-0.25, -0.2) is 0 Å². The molecule has 1 atom stereocenters. The van der Waals surface area contributed by atoms with Crippen LogP contribution in [-0.4, -0.2) is 18.0 Å². The minimum absolute atomic E-state index is 0.410. The Hall–Kier alpha value is -1.44. The summed E-state index contributed by atoms with van der Waals surface area (Å²) >= 11 is 0. The molecule has 106 valence electrons. The van der Waals surface area contributed by atoms with Crippen LogP contribution in [0.1, 0.15) is 34.1 Å². The van der Waals surface area contributed by atoms with Gasteiger partial charge in [-0.1, -0.05) is 53.0 Å². The van der Waals surface area contributed by atoms with E-state index < -0.39 is 0 Å². The van der Waals surface area contributed by atoms with Crippen molar-refractivity contribution in [1.29, 1.82) is 0 Å². The second-order valence-electron chi connectivity index (χ2n) is 5.88. The molecule has 0 aromatic rings. The molecule has 0 spiro atoms. The topological polar surface area (TPSA) is 15.3 Å². The van der Waals surface area contributed by atoms with Crippen LogP contribution in [0, 0.1) is 11.8 Å². The zero-order chi connectivity index (χ0) is 14.6. The molecule has 0 aliphatic heterocycles. The minimum Gasteiger partial charge on any atom is -0.371 e. The molecular weight excluding hydrogens is 232 g/mol. The van der Waals surface area contributed by atoms with Gasteiger partial charge in [-0.15, -0.1) is 0 Å². The van der Waals surface area contributed by atoms with E-state index in [-0.39, 0.29) is 0 Å². The normalized spacial score (nSPS) is 18.5. The molecule has 0 amide bonds. The maximum Gasteiger partial charge on any atom is 0.0505 e. The molecule has 1 unspecified atom stereocenters. The molecule has 0 radical (unpaired) electrons. The Morgan fingerprint density at radius 2 is 1.89 bits per heavy atom. The highest BCUT2D eigenvalue weighted by Gasteiger charge is 2.17. The molecule has 0 aromatic carbocycles. The third-order valence-corrected chi connectivity index (χ3v) is 3.70. The molecule has 2 nitrogen and oxygen atoms in total. The minimum atomic E-state index is 0.410. The summed E-state index contributed by atoms with van der Waals surface area (Å²) in [6.07, 6.45) is 7.63. The van der Waals surface area contributed by atoms with Crippen molar-refractivity contribution in [3.63, 3.8) is 0 Å². The van der Waals surface area contributed by atoms with E-state index in [9.17, 15) is 0 Å². The van der Waals surface area contributed by atoms with E-state index in [4.69, 9.17) is 0 Å². The van der Waals surface area contributed by atoms with Gasteiger partial charge >= 0.3 is 0 Å². The third kappa shape index (κ3) is 4.30. The van der Waals surface area contributed by atoms with Gasteiger partial charge in [-0.3, -0.25) is 0 Å². The zero-order valence-corrected chi connectivity index (χ0v) is 13.0. The quantitative estimate of drug-likeness (QED) is 0.775. The van der Waals surface area contributed by atoms with Crippen molar-refractivity contribution in [3.05, 3.63) is 48.5 Å². The molecule has 0 heterocycles. The summed E-state index contributed by atoms with van der Waals surface area (Å²) in [7, 11) is 2.12. The summed E-state index contributed by atoms with van der Waals surface area (Å²) in [5.74, 6) is 0.943. The molecule has 1 aliphatic rings. The number of allylic oxidation sites excluding steroid dienone is 3. The van der Waals surface area contributed by atoms with Gasteiger partial charge in [-0.2, -0.15) is 0 Å². The molecule has 2 heteroatoms. The Balaban J connectivity index is 2.57. The van der Waals surface area contributed by atoms with Crippen molar-refractivity contribution in [2.75, 3.05) is 7.05 Å². The lowest BCUT2D eigenvalue weighted by Crippen LogP contribution is -2.32. The van der Waals surface area contributed by atoms with Crippen LogP contribution < -0.4 is 5.32 Å². The number of nitrogens with zero attached hydrogens (tertiary/aromatic N) is 1. The fourth-order valence-corrected chi connectivity index (χ4v) is 1.94. The van der Waals surface area contributed by atoms with Crippen LogP contribution in [0.2, 0.25) is 0 Å². The van der Waals surface area contributed by atoms with Crippen LogP contribution in [0.15, 0.2) is 48.5 Å².